The first-order valence-electron chi connectivity index (χ1n) is 5.77. The molecule has 92 valence electrons. The van der Waals surface area contributed by atoms with E-state index in [0.29, 0.717) is 12.1 Å². The van der Waals surface area contributed by atoms with Gasteiger partial charge >= 0.3 is 0 Å². The molecule has 0 aromatic heterocycles. The number of hydrogen-bond donors (Lipinski definition) is 2. The summed E-state index contributed by atoms with van der Waals surface area (Å²) in [6, 6.07) is 6.93. The number of aromatic hydroxyl groups is 1. The summed E-state index contributed by atoms with van der Waals surface area (Å²) in [6.07, 6.45) is 0.456. The molecule has 1 heterocycles. The summed E-state index contributed by atoms with van der Waals surface area (Å²) >= 11 is 0. The molecule has 0 saturated carbocycles. The third-order valence-corrected chi connectivity index (χ3v) is 3.08. The molecular formula is C13H18N2O2. The lowest BCUT2D eigenvalue weighted by Crippen LogP contribution is -2.42. The number of benzene rings is 1. The maximum Gasteiger partial charge on any atom is 0.243 e. The van der Waals surface area contributed by atoms with Crippen molar-refractivity contribution in [3.05, 3.63) is 24.3 Å². The van der Waals surface area contributed by atoms with Crippen LogP contribution >= 0.6 is 0 Å². The van der Waals surface area contributed by atoms with Crippen molar-refractivity contribution in [3.63, 3.8) is 0 Å². The predicted molar refractivity (Wildman–Crippen MR) is 66.6 cm³/mol. The second-order valence-electron chi connectivity index (χ2n) is 5.47. The Balaban J connectivity index is 2.25. The summed E-state index contributed by atoms with van der Waals surface area (Å²) in [5, 5.41) is 11.2. The summed E-state index contributed by atoms with van der Waals surface area (Å²) in [5.41, 5.74) is 3.69. The Morgan fingerprint density at radius 2 is 2.00 bits per heavy atom. The van der Waals surface area contributed by atoms with Gasteiger partial charge < -0.3 is 5.11 Å². The summed E-state index contributed by atoms with van der Waals surface area (Å²) in [4.78, 5) is 11.9. The van der Waals surface area contributed by atoms with Crippen LogP contribution in [-0.4, -0.2) is 17.1 Å². The number of nitrogens with zero attached hydrogens (tertiary/aromatic N) is 1. The molecule has 1 amide bonds. The zero-order chi connectivity index (χ0) is 12.6. The van der Waals surface area contributed by atoms with Crippen molar-refractivity contribution in [1.82, 2.24) is 5.43 Å². The van der Waals surface area contributed by atoms with Crippen LogP contribution in [0.1, 0.15) is 27.2 Å². The van der Waals surface area contributed by atoms with Crippen LogP contribution in [0.15, 0.2) is 24.3 Å². The highest BCUT2D eigenvalue weighted by Gasteiger charge is 2.37. The normalized spacial score (nSPS) is 21.0. The molecule has 1 aliphatic heterocycles. The zero-order valence-corrected chi connectivity index (χ0v) is 10.4. The van der Waals surface area contributed by atoms with Crippen molar-refractivity contribution in [2.24, 2.45) is 5.41 Å². The number of anilines is 1. The molecule has 1 aromatic carbocycles. The second-order valence-corrected chi connectivity index (χ2v) is 5.47. The maximum absolute atomic E-state index is 11.9. The number of hydrazine groups is 1. The number of phenols is 1. The van der Waals surface area contributed by atoms with E-state index in [0.717, 1.165) is 0 Å². The minimum Gasteiger partial charge on any atom is -0.506 e. The van der Waals surface area contributed by atoms with Crippen molar-refractivity contribution < 1.29 is 9.90 Å². The van der Waals surface area contributed by atoms with E-state index < -0.39 is 0 Å². The van der Waals surface area contributed by atoms with Crippen LogP contribution < -0.4 is 10.4 Å². The first-order chi connectivity index (χ1) is 7.89. The number of para-hydroxylation sites is 2. The van der Waals surface area contributed by atoms with Crippen molar-refractivity contribution in [2.75, 3.05) is 5.01 Å². The van der Waals surface area contributed by atoms with Crippen molar-refractivity contribution in [3.8, 4) is 5.75 Å². The van der Waals surface area contributed by atoms with Gasteiger partial charge in [-0.3, -0.25) is 4.79 Å². The zero-order valence-electron chi connectivity index (χ0n) is 10.4. The molecule has 1 aliphatic rings. The van der Waals surface area contributed by atoms with Crippen molar-refractivity contribution in [2.45, 2.75) is 33.2 Å². The van der Waals surface area contributed by atoms with E-state index in [2.05, 4.69) is 26.2 Å². The SMILES string of the molecule is CC(C)(C)C1CC(=O)N(c2ccccc2O)N1. The monoisotopic (exact) mass is 234 g/mol. The summed E-state index contributed by atoms with van der Waals surface area (Å²) in [5.74, 6) is 0.106. The molecule has 1 unspecified atom stereocenters. The number of nitrogens with one attached hydrogen (secondary N) is 1. The Labute approximate surface area is 101 Å². The van der Waals surface area contributed by atoms with E-state index >= 15 is 0 Å². The Morgan fingerprint density at radius 1 is 1.35 bits per heavy atom. The van der Waals surface area contributed by atoms with Crippen LogP contribution in [0.4, 0.5) is 5.69 Å². The minimum absolute atomic E-state index is 0.00794. The van der Waals surface area contributed by atoms with Crippen molar-refractivity contribution in [1.29, 1.82) is 0 Å². The highest BCUT2D eigenvalue weighted by Crippen LogP contribution is 2.32. The quantitative estimate of drug-likeness (QED) is 0.782. The molecule has 2 rings (SSSR count). The van der Waals surface area contributed by atoms with Crippen LogP contribution in [0.5, 0.6) is 5.75 Å². The number of carbonyl (C=O) groups excluding carboxylic acids is 1. The molecular weight excluding hydrogens is 216 g/mol. The second kappa shape index (κ2) is 4.04. The van der Waals surface area contributed by atoms with Gasteiger partial charge in [0.05, 0.1) is 0 Å². The van der Waals surface area contributed by atoms with E-state index in [9.17, 15) is 9.90 Å². The Kier molecular flexibility index (Phi) is 2.83. The Morgan fingerprint density at radius 3 is 2.53 bits per heavy atom. The molecule has 0 aliphatic carbocycles. The van der Waals surface area contributed by atoms with Gasteiger partial charge in [-0.25, -0.2) is 10.4 Å². The smallest absolute Gasteiger partial charge is 0.243 e. The first kappa shape index (κ1) is 11.9. The average molecular weight is 234 g/mol. The van der Waals surface area contributed by atoms with E-state index in [1.807, 2.05) is 0 Å². The topological polar surface area (TPSA) is 52.6 Å². The fraction of sp³-hybridized carbons (Fsp3) is 0.462. The largest absolute Gasteiger partial charge is 0.506 e. The van der Waals surface area contributed by atoms with Crippen molar-refractivity contribution >= 4 is 11.6 Å². The number of carbonyl (C=O) groups is 1. The lowest BCUT2D eigenvalue weighted by atomic mass is 9.86. The van der Waals surface area contributed by atoms with E-state index in [1.54, 1.807) is 24.3 Å². The molecule has 1 aromatic rings. The van der Waals surface area contributed by atoms with Crippen LogP contribution in [0, 0.1) is 5.41 Å². The van der Waals surface area contributed by atoms with Gasteiger partial charge in [0.25, 0.3) is 0 Å². The number of rotatable bonds is 1. The van der Waals surface area contributed by atoms with Gasteiger partial charge in [0.15, 0.2) is 0 Å². The molecule has 0 bridgehead atoms. The first-order valence-corrected chi connectivity index (χ1v) is 5.77. The molecule has 0 radical (unpaired) electrons. The van der Waals surface area contributed by atoms with Gasteiger partial charge in [-0.2, -0.15) is 0 Å². The van der Waals surface area contributed by atoms with Gasteiger partial charge in [-0.15, -0.1) is 0 Å². The molecule has 4 heteroatoms. The molecule has 1 saturated heterocycles. The molecule has 2 N–H and O–H groups in total. The average Bonchev–Trinajstić information content (AvgIpc) is 2.61. The van der Waals surface area contributed by atoms with Gasteiger partial charge in [-0.05, 0) is 17.5 Å². The van der Waals surface area contributed by atoms with E-state index in [-0.39, 0.29) is 23.1 Å². The van der Waals surface area contributed by atoms with E-state index in [1.165, 1.54) is 5.01 Å². The highest BCUT2D eigenvalue weighted by atomic mass is 16.3. The van der Waals surface area contributed by atoms with E-state index in [4.69, 9.17) is 0 Å². The minimum atomic E-state index is -0.00794. The lowest BCUT2D eigenvalue weighted by molar-refractivity contribution is -0.117. The van der Waals surface area contributed by atoms with Gasteiger partial charge in [-0.1, -0.05) is 32.9 Å². The highest BCUT2D eigenvalue weighted by molar-refractivity contribution is 5.96. The number of hydrogen-bond acceptors (Lipinski definition) is 3. The molecule has 0 spiro atoms. The molecule has 1 fully saturated rings. The van der Waals surface area contributed by atoms with Crippen LogP contribution in [-0.2, 0) is 4.79 Å². The van der Waals surface area contributed by atoms with Crippen LogP contribution in [0.3, 0.4) is 0 Å². The fourth-order valence-electron chi connectivity index (χ4n) is 1.90. The third-order valence-electron chi connectivity index (χ3n) is 3.08. The number of amides is 1. The summed E-state index contributed by atoms with van der Waals surface area (Å²) < 4.78 is 0. The van der Waals surface area contributed by atoms with Crippen LogP contribution in [0.25, 0.3) is 0 Å². The summed E-state index contributed by atoms with van der Waals surface area (Å²) in [6.45, 7) is 6.27. The fourth-order valence-corrected chi connectivity index (χ4v) is 1.90. The molecule has 1 atom stereocenters. The Bertz CT molecular complexity index is 437. The predicted octanol–water partition coefficient (Wildman–Crippen LogP) is 2.05. The Hall–Kier alpha value is -1.55. The molecule has 4 nitrogen and oxygen atoms in total. The molecule has 17 heavy (non-hydrogen) atoms. The standard InChI is InChI=1S/C13H18N2O2/c1-13(2,3)11-8-12(17)15(14-11)9-6-4-5-7-10(9)16/h4-7,11,14,16H,8H2,1-3H3. The third kappa shape index (κ3) is 2.26. The van der Waals surface area contributed by atoms with Gasteiger partial charge in [0.1, 0.15) is 11.4 Å². The van der Waals surface area contributed by atoms with Crippen LogP contribution in [0.2, 0.25) is 0 Å². The maximum atomic E-state index is 11.9. The lowest BCUT2D eigenvalue weighted by Gasteiger charge is -2.27. The summed E-state index contributed by atoms with van der Waals surface area (Å²) in [7, 11) is 0. The van der Waals surface area contributed by atoms with Gasteiger partial charge in [0, 0.05) is 12.5 Å². The number of phenolic OH excluding ortho intramolecular Hbond substituents is 1. The van der Waals surface area contributed by atoms with Gasteiger partial charge in [0.2, 0.25) is 5.91 Å².